The third-order valence-corrected chi connectivity index (χ3v) is 3.54. The number of nitro benzene ring substituents is 1. The Balaban J connectivity index is 1.98. The summed E-state index contributed by atoms with van der Waals surface area (Å²) < 4.78 is 10.2. The third kappa shape index (κ3) is 3.18. The smallest absolute Gasteiger partial charge is 0.360 e. The first-order valence-corrected chi connectivity index (χ1v) is 7.16. The summed E-state index contributed by atoms with van der Waals surface area (Å²) in [5.74, 6) is -0.250. The minimum absolute atomic E-state index is 0.110. The minimum atomic E-state index is -0.771. The molecule has 0 atom stereocenters. The molecule has 126 valence electrons. The van der Waals surface area contributed by atoms with Crippen molar-refractivity contribution in [3.05, 3.63) is 74.6 Å². The molecule has 0 unspecified atom stereocenters. The molecule has 1 N–H and O–H groups in total. The molecule has 8 nitrogen and oxygen atoms in total. The molecule has 8 heteroatoms. The van der Waals surface area contributed by atoms with Crippen molar-refractivity contribution in [1.29, 1.82) is 0 Å². The van der Waals surface area contributed by atoms with Gasteiger partial charge in [0.05, 0.1) is 12.0 Å². The van der Waals surface area contributed by atoms with E-state index in [1.807, 2.05) is 0 Å². The highest BCUT2D eigenvalue weighted by atomic mass is 16.6. The van der Waals surface area contributed by atoms with Gasteiger partial charge in [-0.15, -0.1) is 0 Å². The highest BCUT2D eigenvalue weighted by molar-refractivity contribution is 6.07. The zero-order valence-corrected chi connectivity index (χ0v) is 13.0. The molecule has 1 amide bonds. The van der Waals surface area contributed by atoms with Crippen LogP contribution in [0.3, 0.4) is 0 Å². The number of nitrogens with one attached hydrogen (secondary N) is 1. The molecule has 0 spiro atoms. The Morgan fingerprint density at radius 3 is 2.68 bits per heavy atom. The molecule has 0 aliphatic carbocycles. The Hall–Kier alpha value is -3.68. The third-order valence-electron chi connectivity index (χ3n) is 3.54. The molecule has 0 aliphatic rings. The normalized spacial score (nSPS) is 10.4. The molecular formula is C17H12N2O6. The highest BCUT2D eigenvalue weighted by Gasteiger charge is 2.20. The summed E-state index contributed by atoms with van der Waals surface area (Å²) in [6.45, 7) is 0. The molecule has 0 radical (unpaired) electrons. The van der Waals surface area contributed by atoms with E-state index in [1.165, 1.54) is 37.4 Å². The van der Waals surface area contributed by atoms with Gasteiger partial charge in [-0.1, -0.05) is 12.1 Å². The number of anilines is 1. The van der Waals surface area contributed by atoms with Crippen LogP contribution < -0.4 is 15.7 Å². The first kappa shape index (κ1) is 16.2. The number of amides is 1. The van der Waals surface area contributed by atoms with Crippen LogP contribution in [0.2, 0.25) is 0 Å². The van der Waals surface area contributed by atoms with E-state index >= 15 is 0 Å². The van der Waals surface area contributed by atoms with Crippen molar-refractivity contribution in [2.75, 3.05) is 12.4 Å². The summed E-state index contributed by atoms with van der Waals surface area (Å²) in [6.07, 6.45) is 0. The number of benzene rings is 2. The van der Waals surface area contributed by atoms with Crippen LogP contribution in [0.5, 0.6) is 5.75 Å². The van der Waals surface area contributed by atoms with Gasteiger partial charge in [0.15, 0.2) is 0 Å². The Labute approximate surface area is 140 Å². The van der Waals surface area contributed by atoms with E-state index in [4.69, 9.17) is 9.15 Å². The van der Waals surface area contributed by atoms with Gasteiger partial charge in [0.2, 0.25) is 0 Å². The second-order valence-corrected chi connectivity index (χ2v) is 5.08. The minimum Gasteiger partial charge on any atom is -0.497 e. The number of para-hydroxylation sites is 1. The summed E-state index contributed by atoms with van der Waals surface area (Å²) in [7, 11) is 1.49. The predicted octanol–water partition coefficient (Wildman–Crippen LogP) is 2.96. The van der Waals surface area contributed by atoms with Crippen LogP contribution in [0.1, 0.15) is 10.4 Å². The van der Waals surface area contributed by atoms with E-state index in [0.717, 1.165) is 0 Å². The zero-order chi connectivity index (χ0) is 18.0. The number of carbonyl (C=O) groups is 1. The van der Waals surface area contributed by atoms with Gasteiger partial charge in [0.25, 0.3) is 11.6 Å². The Kier molecular flexibility index (Phi) is 4.17. The van der Waals surface area contributed by atoms with Crippen LogP contribution >= 0.6 is 0 Å². The molecule has 25 heavy (non-hydrogen) atoms. The summed E-state index contributed by atoms with van der Waals surface area (Å²) in [5, 5.41) is 13.9. The molecule has 0 saturated carbocycles. The van der Waals surface area contributed by atoms with Crippen LogP contribution in [0.15, 0.2) is 57.7 Å². The molecule has 0 aliphatic heterocycles. The summed E-state index contributed by atoms with van der Waals surface area (Å²) in [5.41, 5.74) is -1.09. The quantitative estimate of drug-likeness (QED) is 0.444. The Bertz CT molecular complexity index is 1040. The highest BCUT2D eigenvalue weighted by Crippen LogP contribution is 2.23. The lowest BCUT2D eigenvalue weighted by Crippen LogP contribution is -2.18. The Morgan fingerprint density at radius 1 is 1.20 bits per heavy atom. The number of carbonyl (C=O) groups excluding carboxylic acids is 1. The maximum absolute atomic E-state index is 12.3. The van der Waals surface area contributed by atoms with Crippen molar-refractivity contribution in [3.63, 3.8) is 0 Å². The van der Waals surface area contributed by atoms with Crippen molar-refractivity contribution in [1.82, 2.24) is 0 Å². The van der Waals surface area contributed by atoms with Crippen molar-refractivity contribution in [2.45, 2.75) is 0 Å². The molecule has 0 bridgehead atoms. The zero-order valence-electron chi connectivity index (χ0n) is 13.0. The fraction of sp³-hybridized carbons (Fsp3) is 0.0588. The Morgan fingerprint density at radius 2 is 1.96 bits per heavy atom. The van der Waals surface area contributed by atoms with Crippen molar-refractivity contribution in [3.8, 4) is 5.75 Å². The SMILES string of the molecule is COc1ccc2cc(NC(=O)c3ccccc3[N+](=O)[O-])c(=O)oc2c1. The van der Waals surface area contributed by atoms with Gasteiger partial charge in [-0.05, 0) is 24.3 Å². The number of hydrogen-bond acceptors (Lipinski definition) is 6. The van der Waals surface area contributed by atoms with Gasteiger partial charge in [0, 0.05) is 17.5 Å². The van der Waals surface area contributed by atoms with E-state index < -0.39 is 16.5 Å². The van der Waals surface area contributed by atoms with Gasteiger partial charge in [-0.25, -0.2) is 4.79 Å². The fourth-order valence-electron chi connectivity index (χ4n) is 2.32. The average Bonchev–Trinajstić information content (AvgIpc) is 2.61. The fourth-order valence-corrected chi connectivity index (χ4v) is 2.32. The van der Waals surface area contributed by atoms with E-state index in [1.54, 1.807) is 18.2 Å². The van der Waals surface area contributed by atoms with Crippen molar-refractivity contribution in [2.24, 2.45) is 0 Å². The summed E-state index contributed by atoms with van der Waals surface area (Å²) >= 11 is 0. The van der Waals surface area contributed by atoms with E-state index in [-0.39, 0.29) is 16.9 Å². The molecule has 3 rings (SSSR count). The van der Waals surface area contributed by atoms with Crippen LogP contribution in [-0.4, -0.2) is 17.9 Å². The topological polar surface area (TPSA) is 112 Å². The molecular weight excluding hydrogens is 328 g/mol. The number of fused-ring (bicyclic) bond motifs is 1. The summed E-state index contributed by atoms with van der Waals surface area (Å²) in [6, 6.07) is 11.8. The number of nitro groups is 1. The van der Waals surface area contributed by atoms with Gasteiger partial charge >= 0.3 is 5.63 Å². The van der Waals surface area contributed by atoms with Gasteiger partial charge in [-0.3, -0.25) is 14.9 Å². The standard InChI is InChI=1S/C17H12N2O6/c1-24-11-7-6-10-8-13(17(21)25-15(10)9-11)18-16(20)12-4-2-3-5-14(12)19(22)23/h2-9H,1H3,(H,18,20). The van der Waals surface area contributed by atoms with Crippen LogP contribution in [0, 0.1) is 10.1 Å². The number of nitrogens with zero attached hydrogens (tertiary/aromatic N) is 1. The molecule has 0 fully saturated rings. The lowest BCUT2D eigenvalue weighted by Gasteiger charge is -2.06. The maximum atomic E-state index is 12.3. The second-order valence-electron chi connectivity index (χ2n) is 5.08. The molecule has 1 aromatic heterocycles. The van der Waals surface area contributed by atoms with Gasteiger partial charge in [-0.2, -0.15) is 0 Å². The van der Waals surface area contributed by atoms with Crippen LogP contribution in [0.4, 0.5) is 11.4 Å². The maximum Gasteiger partial charge on any atom is 0.360 e. The number of rotatable bonds is 4. The van der Waals surface area contributed by atoms with E-state index in [2.05, 4.69) is 5.32 Å². The molecule has 0 saturated heterocycles. The molecule has 2 aromatic carbocycles. The van der Waals surface area contributed by atoms with Crippen LogP contribution in [-0.2, 0) is 0 Å². The van der Waals surface area contributed by atoms with Gasteiger partial charge in [0.1, 0.15) is 22.6 Å². The predicted molar refractivity (Wildman–Crippen MR) is 90.1 cm³/mol. The molecule has 3 aromatic rings. The summed E-state index contributed by atoms with van der Waals surface area (Å²) in [4.78, 5) is 34.7. The average molecular weight is 340 g/mol. The second kappa shape index (κ2) is 6.44. The first-order chi connectivity index (χ1) is 12.0. The van der Waals surface area contributed by atoms with E-state index in [0.29, 0.717) is 16.7 Å². The molecule has 1 heterocycles. The number of methoxy groups -OCH3 is 1. The van der Waals surface area contributed by atoms with Crippen LogP contribution in [0.25, 0.3) is 11.0 Å². The largest absolute Gasteiger partial charge is 0.497 e. The lowest BCUT2D eigenvalue weighted by molar-refractivity contribution is -0.385. The monoisotopic (exact) mass is 340 g/mol. The van der Waals surface area contributed by atoms with E-state index in [9.17, 15) is 19.7 Å². The lowest BCUT2D eigenvalue weighted by atomic mass is 10.1. The van der Waals surface area contributed by atoms with Gasteiger partial charge < -0.3 is 14.5 Å². The first-order valence-electron chi connectivity index (χ1n) is 7.16. The van der Waals surface area contributed by atoms with Crippen molar-refractivity contribution < 1.29 is 18.9 Å². The number of ether oxygens (including phenoxy) is 1. The number of hydrogen-bond donors (Lipinski definition) is 1. The van der Waals surface area contributed by atoms with Crippen molar-refractivity contribution >= 4 is 28.3 Å².